The van der Waals surface area contributed by atoms with Gasteiger partial charge in [-0.15, -0.1) is 0 Å². The summed E-state index contributed by atoms with van der Waals surface area (Å²) in [5.41, 5.74) is 2.47. The van der Waals surface area contributed by atoms with E-state index < -0.39 is 5.92 Å². The van der Waals surface area contributed by atoms with Crippen LogP contribution >= 0.6 is 0 Å². The summed E-state index contributed by atoms with van der Waals surface area (Å²) in [6.45, 7) is 0.282. The number of fused-ring (bicyclic) bond motifs is 2. The Hall–Kier alpha value is -3.67. The molecule has 6 nitrogen and oxygen atoms in total. The van der Waals surface area contributed by atoms with Gasteiger partial charge in [-0.2, -0.15) is 0 Å². The number of benzene rings is 3. The number of hydrogen-bond donors (Lipinski definition) is 1. The summed E-state index contributed by atoms with van der Waals surface area (Å²) in [5, 5.41) is 3.04. The number of para-hydroxylation sites is 2. The zero-order chi connectivity index (χ0) is 21.1. The molecule has 1 aliphatic heterocycles. The molecule has 0 aliphatic carbocycles. The first-order valence-electron chi connectivity index (χ1n) is 9.58. The Morgan fingerprint density at radius 1 is 0.833 bits per heavy atom. The lowest BCUT2D eigenvalue weighted by atomic mass is 9.87. The van der Waals surface area contributed by atoms with Crippen LogP contribution in [0.2, 0.25) is 0 Å². The van der Waals surface area contributed by atoms with Crippen LogP contribution in [-0.2, 0) is 11.3 Å². The summed E-state index contributed by atoms with van der Waals surface area (Å²) >= 11 is 0. The average molecular weight is 405 g/mol. The molecule has 0 aromatic heterocycles. The Kier molecular flexibility index (Phi) is 5.48. The van der Waals surface area contributed by atoms with Crippen molar-refractivity contribution in [1.29, 1.82) is 0 Å². The quantitative estimate of drug-likeness (QED) is 0.664. The molecule has 4 rings (SSSR count). The van der Waals surface area contributed by atoms with Gasteiger partial charge < -0.3 is 24.3 Å². The monoisotopic (exact) mass is 405 g/mol. The molecule has 1 N–H and O–H groups in total. The first-order chi connectivity index (χ1) is 14.7. The number of ether oxygens (including phenoxy) is 4. The molecule has 0 fully saturated rings. The normalized spacial score (nSPS) is 12.2. The van der Waals surface area contributed by atoms with Crippen molar-refractivity contribution in [3.05, 3.63) is 77.4 Å². The first-order valence-corrected chi connectivity index (χ1v) is 9.58. The number of carbonyl (C=O) groups is 1. The van der Waals surface area contributed by atoms with Gasteiger partial charge in [-0.1, -0.05) is 36.4 Å². The van der Waals surface area contributed by atoms with Crippen molar-refractivity contribution in [3.8, 4) is 28.7 Å². The molecule has 0 atom stereocenters. The lowest BCUT2D eigenvalue weighted by molar-refractivity contribution is -0.122. The van der Waals surface area contributed by atoms with Crippen LogP contribution in [0.5, 0.6) is 28.7 Å². The fourth-order valence-corrected chi connectivity index (χ4v) is 3.71. The van der Waals surface area contributed by atoms with Crippen LogP contribution < -0.4 is 24.3 Å². The summed E-state index contributed by atoms with van der Waals surface area (Å²) in [4.78, 5) is 13.3. The summed E-state index contributed by atoms with van der Waals surface area (Å²) < 4.78 is 22.2. The van der Waals surface area contributed by atoms with Crippen LogP contribution in [0.15, 0.2) is 60.7 Å². The van der Waals surface area contributed by atoms with E-state index in [0.717, 1.165) is 16.7 Å². The number of rotatable bonds is 6. The summed E-state index contributed by atoms with van der Waals surface area (Å²) in [6.07, 6.45) is 0. The van der Waals surface area contributed by atoms with Crippen molar-refractivity contribution in [1.82, 2.24) is 5.32 Å². The highest BCUT2D eigenvalue weighted by atomic mass is 16.5. The molecule has 0 unspecified atom stereocenters. The second-order valence-corrected chi connectivity index (χ2v) is 6.85. The molecule has 3 aromatic rings. The third kappa shape index (κ3) is 3.52. The third-order valence-corrected chi connectivity index (χ3v) is 5.18. The van der Waals surface area contributed by atoms with Crippen LogP contribution in [0.4, 0.5) is 0 Å². The van der Waals surface area contributed by atoms with Crippen molar-refractivity contribution in [2.75, 3.05) is 21.3 Å². The van der Waals surface area contributed by atoms with E-state index in [1.165, 1.54) is 0 Å². The van der Waals surface area contributed by atoms with Crippen LogP contribution in [0.25, 0.3) is 0 Å². The molecule has 30 heavy (non-hydrogen) atoms. The fourth-order valence-electron chi connectivity index (χ4n) is 3.71. The molecule has 0 radical (unpaired) electrons. The zero-order valence-corrected chi connectivity index (χ0v) is 17.1. The summed E-state index contributed by atoms with van der Waals surface area (Å²) in [7, 11) is 4.72. The minimum Gasteiger partial charge on any atom is -0.496 e. The molecule has 6 heteroatoms. The number of methoxy groups -OCH3 is 3. The van der Waals surface area contributed by atoms with Gasteiger partial charge in [0.05, 0.1) is 27.2 Å². The molecular formula is C24H23NO5. The lowest BCUT2D eigenvalue weighted by Gasteiger charge is -2.27. The molecule has 1 aliphatic rings. The van der Waals surface area contributed by atoms with Crippen molar-refractivity contribution in [3.63, 3.8) is 0 Å². The first kappa shape index (κ1) is 19.6. The van der Waals surface area contributed by atoms with Crippen LogP contribution in [0.1, 0.15) is 22.6 Å². The molecule has 0 spiro atoms. The Labute approximate surface area is 175 Å². The highest BCUT2D eigenvalue weighted by Gasteiger charge is 2.32. The predicted octanol–water partition coefficient (Wildman–Crippen LogP) is 4.27. The number of carbonyl (C=O) groups excluding carboxylic acids is 1. The van der Waals surface area contributed by atoms with E-state index in [-0.39, 0.29) is 12.5 Å². The van der Waals surface area contributed by atoms with Gasteiger partial charge in [0.1, 0.15) is 17.2 Å². The largest absolute Gasteiger partial charge is 0.496 e. The second kappa shape index (κ2) is 8.37. The van der Waals surface area contributed by atoms with E-state index in [1.54, 1.807) is 27.4 Å². The topological polar surface area (TPSA) is 66.0 Å². The molecule has 3 aromatic carbocycles. The van der Waals surface area contributed by atoms with E-state index in [9.17, 15) is 4.79 Å². The molecular weight excluding hydrogens is 382 g/mol. The molecule has 154 valence electrons. The molecule has 1 heterocycles. The molecule has 0 saturated carbocycles. The fraction of sp³-hybridized carbons (Fsp3) is 0.208. The Morgan fingerprint density at radius 3 is 1.93 bits per heavy atom. The second-order valence-electron chi connectivity index (χ2n) is 6.85. The maximum absolute atomic E-state index is 13.3. The van der Waals surface area contributed by atoms with Gasteiger partial charge in [-0.3, -0.25) is 4.79 Å². The van der Waals surface area contributed by atoms with E-state index in [2.05, 4.69) is 5.32 Å². The smallest absolute Gasteiger partial charge is 0.232 e. The van der Waals surface area contributed by atoms with Crippen LogP contribution in [-0.4, -0.2) is 27.2 Å². The summed E-state index contributed by atoms with van der Waals surface area (Å²) in [5.74, 6) is 2.56. The van der Waals surface area contributed by atoms with E-state index in [1.807, 2.05) is 54.6 Å². The Bertz CT molecular complexity index is 1030. The standard InChI is InChI=1S/C24H23NO5/c1-27-20-13-22(29-3)21(28-2)12-15(20)14-25-24(26)23-16-8-4-6-10-18(16)30-19-11-7-5-9-17(19)23/h4-13,23H,14H2,1-3H3,(H,25,26). The zero-order valence-electron chi connectivity index (χ0n) is 17.1. The van der Waals surface area contributed by atoms with Crippen molar-refractivity contribution in [2.45, 2.75) is 12.5 Å². The average Bonchev–Trinajstić information content (AvgIpc) is 2.80. The molecule has 0 bridgehead atoms. The van der Waals surface area contributed by atoms with E-state index in [4.69, 9.17) is 18.9 Å². The minimum absolute atomic E-state index is 0.116. The summed E-state index contributed by atoms with van der Waals surface area (Å²) in [6, 6.07) is 18.8. The Morgan fingerprint density at radius 2 is 1.37 bits per heavy atom. The van der Waals surface area contributed by atoms with Gasteiger partial charge in [0.25, 0.3) is 0 Å². The minimum atomic E-state index is -0.461. The maximum atomic E-state index is 13.3. The van der Waals surface area contributed by atoms with Gasteiger partial charge in [-0.05, 0) is 18.2 Å². The molecule has 1 amide bonds. The van der Waals surface area contributed by atoms with E-state index >= 15 is 0 Å². The number of amides is 1. The number of hydrogen-bond acceptors (Lipinski definition) is 5. The lowest BCUT2D eigenvalue weighted by Crippen LogP contribution is -2.31. The Balaban J connectivity index is 1.63. The predicted molar refractivity (Wildman–Crippen MR) is 113 cm³/mol. The highest BCUT2D eigenvalue weighted by molar-refractivity contribution is 5.89. The van der Waals surface area contributed by atoms with Crippen LogP contribution in [0.3, 0.4) is 0 Å². The number of nitrogens with one attached hydrogen (secondary N) is 1. The van der Waals surface area contributed by atoms with Crippen molar-refractivity contribution in [2.24, 2.45) is 0 Å². The van der Waals surface area contributed by atoms with Gasteiger partial charge in [0, 0.05) is 29.3 Å². The van der Waals surface area contributed by atoms with Crippen molar-refractivity contribution < 1.29 is 23.7 Å². The van der Waals surface area contributed by atoms with E-state index in [0.29, 0.717) is 28.7 Å². The van der Waals surface area contributed by atoms with Gasteiger partial charge in [0.15, 0.2) is 11.5 Å². The third-order valence-electron chi connectivity index (χ3n) is 5.18. The van der Waals surface area contributed by atoms with Crippen molar-refractivity contribution >= 4 is 5.91 Å². The highest BCUT2D eigenvalue weighted by Crippen LogP contribution is 2.44. The van der Waals surface area contributed by atoms with Gasteiger partial charge >= 0.3 is 0 Å². The molecule has 0 saturated heterocycles. The van der Waals surface area contributed by atoms with Gasteiger partial charge in [-0.25, -0.2) is 0 Å². The maximum Gasteiger partial charge on any atom is 0.232 e. The van der Waals surface area contributed by atoms with Crippen LogP contribution in [0, 0.1) is 0 Å². The van der Waals surface area contributed by atoms with Gasteiger partial charge in [0.2, 0.25) is 5.91 Å². The SMILES string of the molecule is COc1cc(OC)c(OC)cc1CNC(=O)C1c2ccccc2Oc2ccccc21.